The molecule has 0 amide bonds. The van der Waals surface area contributed by atoms with Gasteiger partial charge >= 0.3 is 0 Å². The normalized spacial score (nSPS) is 13.0. The molecule has 2 heterocycles. The van der Waals surface area contributed by atoms with Crippen LogP contribution in [0.1, 0.15) is 5.56 Å². The average molecular weight is 221 g/mol. The molecule has 0 saturated heterocycles. The van der Waals surface area contributed by atoms with Crippen LogP contribution < -0.4 is 20.1 Å². The van der Waals surface area contributed by atoms with Gasteiger partial charge in [-0.15, -0.1) is 0 Å². The van der Waals surface area contributed by atoms with Crippen LogP contribution in [0.15, 0.2) is 27.2 Å². The second kappa shape index (κ2) is 3.37. The third-order valence-corrected chi connectivity index (χ3v) is 2.15. The fourth-order valence-electron chi connectivity index (χ4n) is 1.46. The summed E-state index contributed by atoms with van der Waals surface area (Å²) in [5, 5.41) is 12.3. The van der Waals surface area contributed by atoms with Crippen LogP contribution in [-0.4, -0.2) is 12.1 Å². The van der Waals surface area contributed by atoms with Crippen LogP contribution >= 0.6 is 0 Å². The van der Waals surface area contributed by atoms with Crippen LogP contribution in [0.3, 0.4) is 0 Å². The van der Waals surface area contributed by atoms with Crippen LogP contribution in [0.25, 0.3) is 5.41 Å². The van der Waals surface area contributed by atoms with E-state index in [1.807, 2.05) is 12.1 Å². The molecule has 0 radical (unpaired) electrons. The van der Waals surface area contributed by atoms with Crippen LogP contribution in [-0.2, 0) is 6.54 Å². The molecule has 0 spiro atoms. The number of benzene rings is 1. The number of ether oxygens (including phenoxy) is 2. The van der Waals surface area contributed by atoms with Gasteiger partial charge in [-0.3, -0.25) is 4.52 Å². The van der Waals surface area contributed by atoms with Gasteiger partial charge in [-0.2, -0.15) is 4.52 Å². The Kier molecular flexibility index (Phi) is 1.89. The summed E-state index contributed by atoms with van der Waals surface area (Å²) in [5.74, 6) is 0.820. The standard InChI is InChI=1S/C9H7N3O4/c10-9-15-11-12(16-9)4-6-1-2-7-8(3-6)14-5-13-7/h1-3H,4-5H2. The molecule has 1 aromatic carbocycles. The lowest BCUT2D eigenvalue weighted by Crippen LogP contribution is -2.35. The topological polar surface area (TPSA) is 83.8 Å². The number of hydrogen-bond donors (Lipinski definition) is 0. The molecule has 7 nitrogen and oxygen atoms in total. The molecule has 1 aliphatic rings. The van der Waals surface area contributed by atoms with Crippen molar-refractivity contribution in [3.05, 3.63) is 34.9 Å². The van der Waals surface area contributed by atoms with Crippen molar-refractivity contribution in [3.63, 3.8) is 0 Å². The Bertz CT molecular complexity index is 574. The van der Waals surface area contributed by atoms with Crippen molar-refractivity contribution in [1.82, 2.24) is 5.27 Å². The maximum absolute atomic E-state index is 8.82. The summed E-state index contributed by atoms with van der Waals surface area (Å²) in [7, 11) is 0. The number of hydrogen-bond acceptors (Lipinski definition) is 5. The van der Waals surface area contributed by atoms with E-state index in [0.29, 0.717) is 18.0 Å². The highest BCUT2D eigenvalue weighted by atomic mass is 16.7. The molecule has 1 aliphatic heterocycles. The smallest absolute Gasteiger partial charge is 0.282 e. The van der Waals surface area contributed by atoms with Crippen molar-refractivity contribution in [2.45, 2.75) is 6.54 Å². The zero-order chi connectivity index (χ0) is 11.0. The Morgan fingerprint density at radius 3 is 3.00 bits per heavy atom. The number of fused-ring (bicyclic) bond motifs is 1. The molecule has 3 rings (SSSR count). The quantitative estimate of drug-likeness (QED) is 0.656. The Labute approximate surface area is 89.2 Å². The van der Waals surface area contributed by atoms with Gasteiger partial charge in [-0.25, -0.2) is 0 Å². The summed E-state index contributed by atoms with van der Waals surface area (Å²) in [4.78, 5) is 1.12. The molecule has 0 fully saturated rings. The lowest BCUT2D eigenvalue weighted by molar-refractivity contribution is -0.909. The predicted octanol–water partition coefficient (Wildman–Crippen LogP) is -0.198. The van der Waals surface area contributed by atoms with Crippen LogP contribution in [0, 0.1) is 0 Å². The summed E-state index contributed by atoms with van der Waals surface area (Å²) in [6.07, 6.45) is 0. The molecule has 2 aromatic rings. The maximum Gasteiger partial charge on any atom is 0.282 e. The largest absolute Gasteiger partial charge is 0.727 e. The third-order valence-electron chi connectivity index (χ3n) is 2.15. The zero-order valence-electron chi connectivity index (χ0n) is 8.12. The monoisotopic (exact) mass is 221 g/mol. The van der Waals surface area contributed by atoms with Gasteiger partial charge in [0, 0.05) is 5.56 Å². The van der Waals surface area contributed by atoms with Crippen molar-refractivity contribution in [2.24, 2.45) is 0 Å². The second-order valence-corrected chi connectivity index (χ2v) is 3.23. The fraction of sp³-hybridized carbons (Fsp3) is 0.222. The van der Waals surface area contributed by atoms with Crippen molar-refractivity contribution >= 4 is 0 Å². The van der Waals surface area contributed by atoms with Gasteiger partial charge in [-0.1, -0.05) is 0 Å². The van der Waals surface area contributed by atoms with Crippen LogP contribution in [0.5, 0.6) is 11.5 Å². The predicted molar refractivity (Wildman–Crippen MR) is 47.1 cm³/mol. The van der Waals surface area contributed by atoms with Gasteiger partial charge in [0.1, 0.15) is 4.85 Å². The molecule has 0 N–H and O–H groups in total. The lowest BCUT2D eigenvalue weighted by Gasteiger charge is -1.96. The van der Waals surface area contributed by atoms with Gasteiger partial charge in [0.15, 0.2) is 11.5 Å². The summed E-state index contributed by atoms with van der Waals surface area (Å²) in [5.41, 5.74) is 0.895. The van der Waals surface area contributed by atoms with E-state index >= 15 is 0 Å². The maximum atomic E-state index is 8.82. The van der Waals surface area contributed by atoms with Gasteiger partial charge in [-0.05, 0) is 18.2 Å². The summed E-state index contributed by atoms with van der Waals surface area (Å²) in [6, 6.07) is 5.47. The van der Waals surface area contributed by atoms with Crippen LogP contribution in [0.4, 0.5) is 0 Å². The van der Waals surface area contributed by atoms with E-state index in [1.165, 1.54) is 0 Å². The van der Waals surface area contributed by atoms with E-state index in [-0.39, 0.29) is 6.79 Å². The first kappa shape index (κ1) is 8.96. The zero-order valence-corrected chi connectivity index (χ0v) is 8.12. The van der Waals surface area contributed by atoms with E-state index in [0.717, 1.165) is 10.4 Å². The van der Waals surface area contributed by atoms with E-state index < -0.39 is 5.75 Å². The minimum absolute atomic E-state index is 0.237. The van der Waals surface area contributed by atoms with E-state index in [2.05, 4.69) is 9.79 Å². The first-order chi connectivity index (χ1) is 7.81. The third kappa shape index (κ3) is 1.52. The van der Waals surface area contributed by atoms with Crippen molar-refractivity contribution in [1.29, 1.82) is 0 Å². The number of aromatic nitrogens is 2. The minimum atomic E-state index is -0.583. The van der Waals surface area contributed by atoms with E-state index in [1.54, 1.807) is 6.07 Å². The number of rotatable bonds is 2. The van der Waals surface area contributed by atoms with Gasteiger partial charge < -0.3 is 14.9 Å². The first-order valence-electron chi connectivity index (χ1n) is 4.59. The molecular formula is C9H7N3O4. The molecule has 0 bridgehead atoms. The Morgan fingerprint density at radius 1 is 1.31 bits per heavy atom. The Morgan fingerprint density at radius 2 is 2.19 bits per heavy atom. The van der Waals surface area contributed by atoms with Gasteiger partial charge in [0.05, 0.1) is 0 Å². The van der Waals surface area contributed by atoms with Gasteiger partial charge in [0.25, 0.3) is 12.3 Å². The molecule has 0 aliphatic carbocycles. The summed E-state index contributed by atoms with van der Waals surface area (Å²) >= 11 is 0. The van der Waals surface area contributed by atoms with Crippen molar-refractivity contribution < 1.29 is 23.4 Å². The molecule has 82 valence electrons. The highest BCUT2D eigenvalue weighted by molar-refractivity contribution is 5.44. The first-order valence-corrected chi connectivity index (χ1v) is 4.59. The Balaban J connectivity index is 1.88. The van der Waals surface area contributed by atoms with Crippen molar-refractivity contribution in [3.8, 4) is 11.5 Å². The average Bonchev–Trinajstić information content (AvgIpc) is 2.87. The second-order valence-electron chi connectivity index (χ2n) is 3.23. The lowest BCUT2D eigenvalue weighted by atomic mass is 10.2. The SMILES string of the molecule is [N-]=c1on[n+](Cc2ccc3c(c2)OCO3)o1. The molecular weight excluding hydrogens is 214 g/mol. The van der Waals surface area contributed by atoms with Crippen molar-refractivity contribution in [2.75, 3.05) is 6.79 Å². The minimum Gasteiger partial charge on any atom is -0.727 e. The van der Waals surface area contributed by atoms with Gasteiger partial charge in [0.2, 0.25) is 12.1 Å². The molecule has 1 aromatic heterocycles. The summed E-state index contributed by atoms with van der Waals surface area (Å²) < 4.78 is 19.5. The molecule has 0 atom stereocenters. The highest BCUT2D eigenvalue weighted by Gasteiger charge is 2.16. The molecule has 16 heavy (non-hydrogen) atoms. The molecule has 0 saturated carbocycles. The molecule has 0 unspecified atom stereocenters. The van der Waals surface area contributed by atoms with E-state index in [9.17, 15) is 0 Å². The fourth-order valence-corrected chi connectivity index (χ4v) is 1.46. The molecule has 7 heteroatoms. The van der Waals surface area contributed by atoms with Crippen LogP contribution in [0.2, 0.25) is 0 Å². The number of nitrogens with zero attached hydrogens (tertiary/aromatic N) is 3. The van der Waals surface area contributed by atoms with E-state index in [4.69, 9.17) is 19.4 Å². The Hall–Kier alpha value is -2.31. The highest BCUT2D eigenvalue weighted by Crippen LogP contribution is 2.32. The summed E-state index contributed by atoms with van der Waals surface area (Å²) in [6.45, 7) is 0.571.